The second-order valence-corrected chi connectivity index (χ2v) is 7.89. The number of ketones is 1. The molecule has 4 rings (SSSR count). The molecule has 1 N–H and O–H groups in total. The highest BCUT2D eigenvalue weighted by atomic mass is 16.1. The van der Waals surface area contributed by atoms with E-state index < -0.39 is 0 Å². The van der Waals surface area contributed by atoms with Gasteiger partial charge in [0.2, 0.25) is 5.95 Å². The first-order valence-corrected chi connectivity index (χ1v) is 10.1. The molecule has 1 aliphatic rings. The Morgan fingerprint density at radius 3 is 2.52 bits per heavy atom. The fourth-order valence-electron chi connectivity index (χ4n) is 4.14. The van der Waals surface area contributed by atoms with E-state index in [9.17, 15) is 4.79 Å². The lowest BCUT2D eigenvalue weighted by atomic mass is 10.1. The second-order valence-electron chi connectivity index (χ2n) is 7.89. The van der Waals surface area contributed by atoms with Crippen molar-refractivity contribution in [1.82, 2.24) is 29.5 Å². The van der Waals surface area contributed by atoms with Gasteiger partial charge in [-0.1, -0.05) is 29.8 Å². The number of benzene rings is 1. The quantitative estimate of drug-likeness (QED) is 0.653. The number of nitrogens with zero attached hydrogens (tertiary/aromatic N) is 5. The molecule has 2 aromatic heterocycles. The van der Waals surface area contributed by atoms with Gasteiger partial charge in [-0.3, -0.25) is 19.2 Å². The lowest BCUT2D eigenvalue weighted by Crippen LogP contribution is -2.47. The van der Waals surface area contributed by atoms with Crippen molar-refractivity contribution in [2.45, 2.75) is 27.3 Å². The number of hydrogen-bond donors (Lipinski definition) is 1. The third kappa shape index (κ3) is 4.31. The summed E-state index contributed by atoms with van der Waals surface area (Å²) in [5.74, 6) is 0.805. The Kier molecular flexibility index (Phi) is 5.60. The van der Waals surface area contributed by atoms with E-state index in [2.05, 4.69) is 56.2 Å². The average molecular weight is 393 g/mol. The number of aromatic nitrogens is 4. The molecule has 1 aliphatic heterocycles. The summed E-state index contributed by atoms with van der Waals surface area (Å²) in [5, 5.41) is 6.79. The molecule has 7 nitrogen and oxygen atoms in total. The number of carbonyl (C=O) groups excluding carboxylic acids is 1. The largest absolute Gasteiger partial charge is 0.297 e. The van der Waals surface area contributed by atoms with E-state index in [1.165, 1.54) is 17.5 Å². The van der Waals surface area contributed by atoms with Crippen molar-refractivity contribution >= 4 is 5.78 Å². The SMILES string of the molecule is Cc1cccc(CN2CCN(CC(=O)c3cc(C)n(-c4ncn[nH]4)c3C)CC2)c1. The maximum Gasteiger partial charge on any atom is 0.229 e. The van der Waals surface area contributed by atoms with E-state index in [1.54, 1.807) is 0 Å². The normalized spacial score (nSPS) is 15.7. The zero-order chi connectivity index (χ0) is 20.4. The summed E-state index contributed by atoms with van der Waals surface area (Å²) in [6, 6.07) is 10.6. The molecule has 0 atom stereocenters. The monoisotopic (exact) mass is 392 g/mol. The molecule has 0 aliphatic carbocycles. The van der Waals surface area contributed by atoms with Gasteiger partial charge in [0.05, 0.1) is 6.54 Å². The fraction of sp³-hybridized carbons (Fsp3) is 0.409. The molecule has 7 heteroatoms. The molecule has 29 heavy (non-hydrogen) atoms. The molecule has 0 spiro atoms. The minimum absolute atomic E-state index is 0.163. The molecule has 3 aromatic rings. The van der Waals surface area contributed by atoms with Crippen LogP contribution in [0.4, 0.5) is 0 Å². The van der Waals surface area contributed by atoms with Crippen molar-refractivity contribution < 1.29 is 4.79 Å². The minimum Gasteiger partial charge on any atom is -0.297 e. The number of aryl methyl sites for hydroxylation is 2. The molecule has 1 fully saturated rings. The Labute approximate surface area is 171 Å². The van der Waals surface area contributed by atoms with Crippen LogP contribution in [0.5, 0.6) is 0 Å². The summed E-state index contributed by atoms with van der Waals surface area (Å²) in [7, 11) is 0. The summed E-state index contributed by atoms with van der Waals surface area (Å²) in [6.07, 6.45) is 1.48. The predicted molar refractivity (Wildman–Crippen MR) is 112 cm³/mol. The van der Waals surface area contributed by atoms with Gasteiger partial charge in [0.25, 0.3) is 0 Å². The van der Waals surface area contributed by atoms with Crippen LogP contribution in [0.25, 0.3) is 5.95 Å². The van der Waals surface area contributed by atoms with E-state index in [-0.39, 0.29) is 5.78 Å². The van der Waals surface area contributed by atoms with Crippen molar-refractivity contribution in [3.63, 3.8) is 0 Å². The molecule has 0 saturated carbocycles. The molecule has 0 amide bonds. The molecule has 0 bridgehead atoms. The van der Waals surface area contributed by atoms with Crippen LogP contribution in [-0.4, -0.2) is 68.1 Å². The van der Waals surface area contributed by atoms with Crippen molar-refractivity contribution in [2.24, 2.45) is 0 Å². The molecular weight excluding hydrogens is 364 g/mol. The van der Waals surface area contributed by atoms with Crippen LogP contribution < -0.4 is 0 Å². The predicted octanol–water partition coefficient (Wildman–Crippen LogP) is 2.52. The Morgan fingerprint density at radius 1 is 1.07 bits per heavy atom. The first-order chi connectivity index (χ1) is 14.0. The molecule has 0 unspecified atom stereocenters. The highest BCUT2D eigenvalue weighted by Crippen LogP contribution is 2.19. The van der Waals surface area contributed by atoms with Gasteiger partial charge in [0, 0.05) is 49.7 Å². The number of rotatable bonds is 6. The molecule has 3 heterocycles. The van der Waals surface area contributed by atoms with Gasteiger partial charge >= 0.3 is 0 Å². The lowest BCUT2D eigenvalue weighted by molar-refractivity contribution is 0.0843. The van der Waals surface area contributed by atoms with E-state index in [4.69, 9.17) is 0 Å². The van der Waals surface area contributed by atoms with Crippen LogP contribution in [-0.2, 0) is 6.54 Å². The van der Waals surface area contributed by atoms with Crippen LogP contribution >= 0.6 is 0 Å². The summed E-state index contributed by atoms with van der Waals surface area (Å²) < 4.78 is 1.94. The zero-order valence-corrected chi connectivity index (χ0v) is 17.4. The van der Waals surface area contributed by atoms with Gasteiger partial charge in [0.1, 0.15) is 6.33 Å². The van der Waals surface area contributed by atoms with Gasteiger partial charge in [-0.2, -0.15) is 10.1 Å². The molecule has 152 valence electrons. The number of hydrogen-bond acceptors (Lipinski definition) is 5. The van der Waals surface area contributed by atoms with Gasteiger partial charge in [-0.15, -0.1) is 0 Å². The maximum absolute atomic E-state index is 13.0. The first-order valence-electron chi connectivity index (χ1n) is 10.1. The Hall–Kier alpha value is -2.77. The van der Waals surface area contributed by atoms with Gasteiger partial charge in [-0.05, 0) is 32.4 Å². The lowest BCUT2D eigenvalue weighted by Gasteiger charge is -2.34. The van der Waals surface area contributed by atoms with Crippen molar-refractivity contribution in [1.29, 1.82) is 0 Å². The van der Waals surface area contributed by atoms with Crippen LogP contribution in [0.1, 0.15) is 32.9 Å². The van der Waals surface area contributed by atoms with Crippen molar-refractivity contribution in [3.05, 3.63) is 64.7 Å². The number of Topliss-reactive ketones (excluding diaryl/α,β-unsaturated/α-hetero) is 1. The molecule has 1 saturated heterocycles. The minimum atomic E-state index is 0.163. The van der Waals surface area contributed by atoms with E-state index in [0.717, 1.165) is 49.7 Å². The average Bonchev–Trinajstić information content (AvgIpc) is 3.31. The van der Waals surface area contributed by atoms with Crippen LogP contribution in [0.2, 0.25) is 0 Å². The van der Waals surface area contributed by atoms with Crippen molar-refractivity contribution in [2.75, 3.05) is 32.7 Å². The fourth-order valence-corrected chi connectivity index (χ4v) is 4.14. The summed E-state index contributed by atoms with van der Waals surface area (Å²) in [5.41, 5.74) is 5.30. The topological polar surface area (TPSA) is 70.1 Å². The number of piperazine rings is 1. The summed E-state index contributed by atoms with van der Waals surface area (Å²) in [4.78, 5) is 21.9. The van der Waals surface area contributed by atoms with Crippen LogP contribution in [0.15, 0.2) is 36.7 Å². The van der Waals surface area contributed by atoms with Gasteiger partial charge in [0.15, 0.2) is 5.78 Å². The third-order valence-electron chi connectivity index (χ3n) is 5.67. The van der Waals surface area contributed by atoms with E-state index >= 15 is 0 Å². The summed E-state index contributed by atoms with van der Waals surface area (Å²) in [6.45, 7) is 11.3. The Morgan fingerprint density at radius 2 is 1.83 bits per heavy atom. The Balaban J connectivity index is 1.35. The third-order valence-corrected chi connectivity index (χ3v) is 5.67. The number of H-pyrrole nitrogens is 1. The second kappa shape index (κ2) is 8.31. The van der Waals surface area contributed by atoms with E-state index in [1.807, 2.05) is 24.5 Å². The van der Waals surface area contributed by atoms with Crippen LogP contribution in [0.3, 0.4) is 0 Å². The standard InChI is InChI=1S/C22H28N6O/c1-16-5-4-6-19(11-16)13-26-7-9-27(10-8-26)14-21(29)20-12-17(2)28(18(20)3)22-23-15-24-25-22/h4-6,11-12,15H,7-10,13-14H2,1-3H3,(H,23,24,25). The smallest absolute Gasteiger partial charge is 0.229 e. The number of nitrogens with one attached hydrogen (secondary N) is 1. The van der Waals surface area contributed by atoms with Gasteiger partial charge < -0.3 is 0 Å². The van der Waals surface area contributed by atoms with Crippen molar-refractivity contribution in [3.8, 4) is 5.95 Å². The first kappa shape index (κ1) is 19.5. The zero-order valence-electron chi connectivity index (χ0n) is 17.4. The highest BCUT2D eigenvalue weighted by Gasteiger charge is 2.23. The molecular formula is C22H28N6O. The highest BCUT2D eigenvalue weighted by molar-refractivity contribution is 5.99. The molecule has 1 aromatic carbocycles. The number of aromatic amines is 1. The molecule has 0 radical (unpaired) electrons. The van der Waals surface area contributed by atoms with Gasteiger partial charge in [-0.25, -0.2) is 5.10 Å². The van der Waals surface area contributed by atoms with E-state index in [0.29, 0.717) is 12.5 Å². The maximum atomic E-state index is 13.0. The summed E-state index contributed by atoms with van der Waals surface area (Å²) >= 11 is 0. The van der Waals surface area contributed by atoms with Crippen LogP contribution in [0, 0.1) is 20.8 Å². The Bertz CT molecular complexity index is 983. The number of carbonyl (C=O) groups is 1.